The van der Waals surface area contributed by atoms with Crippen LogP contribution in [0.25, 0.3) is 10.8 Å². The summed E-state index contributed by atoms with van der Waals surface area (Å²) in [5.41, 5.74) is 5.06. The fraction of sp³-hybridized carbons (Fsp3) is 0.500. The Kier molecular flexibility index (Phi) is 10.8. The molecule has 4 rings (SSSR count). The summed E-state index contributed by atoms with van der Waals surface area (Å²) in [4.78, 5) is 0. The van der Waals surface area contributed by atoms with Gasteiger partial charge < -0.3 is 23.4 Å². The van der Waals surface area contributed by atoms with E-state index < -0.39 is 8.32 Å². The molecule has 1 aliphatic rings. The number of hydrogen-bond donors (Lipinski definition) is 0. The molecular formula is C36H50O5Si. The van der Waals surface area contributed by atoms with E-state index in [0.29, 0.717) is 36.3 Å². The minimum Gasteiger partial charge on any atom is -0.496 e. The third-order valence-corrected chi connectivity index (χ3v) is 15.1. The van der Waals surface area contributed by atoms with Gasteiger partial charge in [0.25, 0.3) is 0 Å². The minimum atomic E-state index is -1.95. The van der Waals surface area contributed by atoms with Crippen molar-refractivity contribution in [3.63, 3.8) is 0 Å². The Morgan fingerprint density at radius 3 is 2.17 bits per heavy atom. The Balaban J connectivity index is 1.74. The number of benzene rings is 3. The summed E-state index contributed by atoms with van der Waals surface area (Å²) in [5.74, 6) is 2.35. The predicted molar refractivity (Wildman–Crippen MR) is 176 cm³/mol. The third kappa shape index (κ3) is 6.41. The van der Waals surface area contributed by atoms with Crippen LogP contribution in [0.3, 0.4) is 0 Å². The molecular weight excluding hydrogens is 540 g/mol. The Hall–Kier alpha value is -2.80. The highest BCUT2D eigenvalue weighted by Crippen LogP contribution is 2.49. The zero-order valence-corrected chi connectivity index (χ0v) is 27.9. The zero-order valence-electron chi connectivity index (χ0n) is 26.9. The maximum atomic E-state index is 6.93. The molecule has 0 aliphatic carbocycles. The van der Waals surface area contributed by atoms with Gasteiger partial charge in [0.15, 0.2) is 8.32 Å². The summed E-state index contributed by atoms with van der Waals surface area (Å²) in [6.45, 7) is 19.2. The fourth-order valence-electron chi connectivity index (χ4n) is 7.20. The molecule has 0 aromatic heterocycles. The second kappa shape index (κ2) is 14.1. The van der Waals surface area contributed by atoms with Crippen molar-refractivity contribution in [1.82, 2.24) is 0 Å². The molecule has 0 saturated heterocycles. The van der Waals surface area contributed by atoms with Crippen molar-refractivity contribution in [1.29, 1.82) is 0 Å². The maximum absolute atomic E-state index is 6.93. The molecule has 5 nitrogen and oxygen atoms in total. The van der Waals surface area contributed by atoms with Gasteiger partial charge in [-0.2, -0.15) is 0 Å². The molecule has 0 saturated carbocycles. The van der Waals surface area contributed by atoms with Crippen LogP contribution in [0.1, 0.15) is 77.2 Å². The first-order valence-corrected chi connectivity index (χ1v) is 17.6. The van der Waals surface area contributed by atoms with Crippen LogP contribution in [0, 0.1) is 0 Å². The van der Waals surface area contributed by atoms with Crippen LogP contribution in [-0.2, 0) is 22.2 Å². The lowest BCUT2D eigenvalue weighted by molar-refractivity contribution is -0.0349. The van der Waals surface area contributed by atoms with E-state index in [1.54, 1.807) is 14.2 Å². The molecule has 1 heterocycles. The van der Waals surface area contributed by atoms with Gasteiger partial charge in [0.2, 0.25) is 0 Å². The van der Waals surface area contributed by atoms with Crippen LogP contribution in [0.5, 0.6) is 17.2 Å². The largest absolute Gasteiger partial charge is 0.496 e. The highest BCUT2D eigenvalue weighted by molar-refractivity contribution is 6.77. The number of methoxy groups -OCH3 is 2. The van der Waals surface area contributed by atoms with Crippen molar-refractivity contribution in [2.75, 3.05) is 20.8 Å². The Labute approximate surface area is 254 Å². The Morgan fingerprint density at radius 1 is 0.929 bits per heavy atom. The molecule has 3 aromatic rings. The van der Waals surface area contributed by atoms with Crippen molar-refractivity contribution < 1.29 is 23.4 Å². The van der Waals surface area contributed by atoms with Gasteiger partial charge in [0.05, 0.1) is 31.8 Å². The highest BCUT2D eigenvalue weighted by Gasteiger charge is 2.45. The van der Waals surface area contributed by atoms with Gasteiger partial charge in [0, 0.05) is 17.6 Å². The lowest BCUT2D eigenvalue weighted by Gasteiger charge is -2.42. The number of rotatable bonds is 14. The van der Waals surface area contributed by atoms with Crippen LogP contribution in [0.15, 0.2) is 61.2 Å². The Morgan fingerprint density at radius 2 is 1.57 bits per heavy atom. The second-order valence-electron chi connectivity index (χ2n) is 12.4. The van der Waals surface area contributed by atoms with Crippen LogP contribution in [0.2, 0.25) is 16.6 Å². The van der Waals surface area contributed by atoms with E-state index in [1.165, 1.54) is 5.56 Å². The smallest absolute Gasteiger partial charge is 0.200 e. The molecule has 6 heteroatoms. The van der Waals surface area contributed by atoms with Crippen molar-refractivity contribution >= 4 is 19.1 Å². The van der Waals surface area contributed by atoms with Crippen LogP contribution in [-0.4, -0.2) is 35.2 Å². The van der Waals surface area contributed by atoms with Gasteiger partial charge in [0.1, 0.15) is 23.9 Å². The lowest BCUT2D eigenvalue weighted by atomic mass is 9.87. The van der Waals surface area contributed by atoms with Crippen molar-refractivity contribution in [3.8, 4) is 17.2 Å². The molecule has 0 unspecified atom stereocenters. The van der Waals surface area contributed by atoms with E-state index in [1.807, 2.05) is 36.4 Å². The number of fused-ring (bicyclic) bond motifs is 2. The van der Waals surface area contributed by atoms with E-state index >= 15 is 0 Å². The normalized spacial score (nSPS) is 17.1. The topological polar surface area (TPSA) is 46.2 Å². The van der Waals surface area contributed by atoms with Crippen LogP contribution >= 0.6 is 0 Å². The van der Waals surface area contributed by atoms with E-state index in [4.69, 9.17) is 23.4 Å². The van der Waals surface area contributed by atoms with Crippen LogP contribution in [0.4, 0.5) is 0 Å². The van der Waals surface area contributed by atoms with Gasteiger partial charge >= 0.3 is 0 Å². The summed E-state index contributed by atoms with van der Waals surface area (Å²) < 4.78 is 32.1. The van der Waals surface area contributed by atoms with Gasteiger partial charge in [-0.25, -0.2) is 0 Å². The van der Waals surface area contributed by atoms with Crippen molar-refractivity contribution in [3.05, 3.63) is 77.9 Å². The lowest BCUT2D eigenvalue weighted by Crippen LogP contribution is -2.48. The number of hydrogen-bond acceptors (Lipinski definition) is 5. The summed E-state index contributed by atoms with van der Waals surface area (Å²) >= 11 is 0. The molecule has 0 radical (unpaired) electrons. The van der Waals surface area contributed by atoms with E-state index in [2.05, 4.69) is 66.3 Å². The summed E-state index contributed by atoms with van der Waals surface area (Å²) in [6.07, 6.45) is 4.12. The number of ether oxygens (including phenoxy) is 4. The molecule has 0 spiro atoms. The summed E-state index contributed by atoms with van der Waals surface area (Å²) in [7, 11) is 1.46. The van der Waals surface area contributed by atoms with Crippen molar-refractivity contribution in [2.45, 2.75) is 96.2 Å². The summed E-state index contributed by atoms with van der Waals surface area (Å²) in [6, 6.07) is 16.4. The molecule has 1 aliphatic heterocycles. The molecule has 228 valence electrons. The summed E-state index contributed by atoms with van der Waals surface area (Å²) in [5, 5.41) is 1.89. The van der Waals surface area contributed by atoms with E-state index in [-0.39, 0.29) is 12.2 Å². The Bertz CT molecular complexity index is 1310. The molecule has 3 aromatic carbocycles. The van der Waals surface area contributed by atoms with Gasteiger partial charge in [-0.05, 0) is 65.2 Å². The van der Waals surface area contributed by atoms with Gasteiger partial charge in [-0.1, -0.05) is 78.0 Å². The maximum Gasteiger partial charge on any atom is 0.200 e. The molecule has 0 bridgehead atoms. The van der Waals surface area contributed by atoms with Gasteiger partial charge in [-0.15, -0.1) is 6.58 Å². The third-order valence-electron chi connectivity index (χ3n) is 8.98. The minimum absolute atomic E-state index is 0.0386. The highest BCUT2D eigenvalue weighted by atomic mass is 28.4. The first-order chi connectivity index (χ1) is 20.2. The molecule has 2 atom stereocenters. The second-order valence-corrected chi connectivity index (χ2v) is 17.8. The molecule has 0 amide bonds. The monoisotopic (exact) mass is 590 g/mol. The molecule has 42 heavy (non-hydrogen) atoms. The first-order valence-electron chi connectivity index (χ1n) is 15.4. The molecule has 0 N–H and O–H groups in total. The standard InChI is InChI=1S/C36H50O5Si/c1-10-14-33-34-28(21-29(41-33)19-20-40-42(24(2)3,25(4)5)26(6)7)22-30-31(37-8)17-18-32(38-9)35(30)36(34)39-23-27-15-12-11-13-16-27/h10-13,15-18,22,24-26,29,33H,1,14,19-21,23H2,2-9H3/t29-,33-/m1/s1. The quantitative estimate of drug-likeness (QED) is 0.138. The van der Waals surface area contributed by atoms with E-state index in [0.717, 1.165) is 52.0 Å². The first kappa shape index (κ1) is 32.1. The van der Waals surface area contributed by atoms with Crippen LogP contribution < -0.4 is 14.2 Å². The van der Waals surface area contributed by atoms with E-state index in [9.17, 15) is 0 Å². The SMILES string of the molecule is C=CC[C@H]1O[C@H](CCO[Si](C(C)C)(C(C)C)C(C)C)Cc2cc3c(OC)ccc(OC)c3c(OCc3ccccc3)c21. The predicted octanol–water partition coefficient (Wildman–Crippen LogP) is 9.58. The fourth-order valence-corrected chi connectivity index (χ4v) is 12.7. The zero-order chi connectivity index (χ0) is 30.4. The average Bonchev–Trinajstić information content (AvgIpc) is 2.97. The molecule has 0 fully saturated rings. The van der Waals surface area contributed by atoms with Gasteiger partial charge in [-0.3, -0.25) is 0 Å². The van der Waals surface area contributed by atoms with Crippen molar-refractivity contribution in [2.24, 2.45) is 0 Å². The average molecular weight is 591 g/mol.